The van der Waals surface area contributed by atoms with E-state index in [-0.39, 0.29) is 16.9 Å². The number of rotatable bonds is 2. The van der Waals surface area contributed by atoms with E-state index >= 15 is 0 Å². The normalized spacial score (nSPS) is 12.3. The fourth-order valence-electron chi connectivity index (χ4n) is 2.91. The fourth-order valence-corrected chi connectivity index (χ4v) is 2.91. The number of nitrogens with zero attached hydrogens (tertiary/aromatic N) is 2. The summed E-state index contributed by atoms with van der Waals surface area (Å²) in [6.45, 7) is 0.591. The summed E-state index contributed by atoms with van der Waals surface area (Å²) in [7, 11) is 4.32. The molecule has 0 saturated carbocycles. The number of hydrogen-bond acceptors (Lipinski definition) is 5. The molecule has 0 fully saturated rings. The Hall–Kier alpha value is -2.83. The van der Waals surface area contributed by atoms with Crippen molar-refractivity contribution in [1.29, 1.82) is 0 Å². The Labute approximate surface area is 131 Å². The van der Waals surface area contributed by atoms with Gasteiger partial charge in [-0.3, -0.25) is 9.59 Å². The molecule has 0 unspecified atom stereocenters. The zero-order valence-corrected chi connectivity index (χ0v) is 13.1. The van der Waals surface area contributed by atoms with Crippen LogP contribution < -0.4 is 15.7 Å². The molecule has 0 atom stereocenters. The van der Waals surface area contributed by atoms with E-state index < -0.39 is 11.4 Å². The van der Waals surface area contributed by atoms with Gasteiger partial charge in [-0.05, 0) is 18.1 Å². The van der Waals surface area contributed by atoms with Crippen LogP contribution >= 0.6 is 0 Å². The van der Waals surface area contributed by atoms with Crippen molar-refractivity contribution < 1.29 is 14.3 Å². The fraction of sp³-hybridized carbons (Fsp3) is 0.312. The predicted octanol–water partition coefficient (Wildman–Crippen LogP) is 0.565. The molecule has 23 heavy (non-hydrogen) atoms. The zero-order valence-electron chi connectivity index (χ0n) is 13.1. The van der Waals surface area contributed by atoms with Crippen molar-refractivity contribution in [3.8, 4) is 17.1 Å². The molecule has 7 nitrogen and oxygen atoms in total. The van der Waals surface area contributed by atoms with Crippen molar-refractivity contribution in [1.82, 2.24) is 9.13 Å². The van der Waals surface area contributed by atoms with Gasteiger partial charge in [-0.25, -0.2) is 4.79 Å². The number of pyridine rings is 2. The van der Waals surface area contributed by atoms with E-state index in [9.17, 15) is 14.4 Å². The van der Waals surface area contributed by atoms with Crippen molar-refractivity contribution >= 4 is 5.97 Å². The van der Waals surface area contributed by atoms with Crippen LogP contribution in [0.4, 0.5) is 0 Å². The van der Waals surface area contributed by atoms with Crippen LogP contribution in [0.1, 0.15) is 15.9 Å². The minimum Gasteiger partial charge on any atom is -0.491 e. The number of hydrogen-bond donors (Lipinski definition) is 0. The Morgan fingerprint density at radius 1 is 1.22 bits per heavy atom. The Morgan fingerprint density at radius 3 is 2.61 bits per heavy atom. The molecule has 7 heteroatoms. The van der Waals surface area contributed by atoms with E-state index in [4.69, 9.17) is 4.74 Å². The van der Waals surface area contributed by atoms with Gasteiger partial charge in [0.2, 0.25) is 0 Å². The van der Waals surface area contributed by atoms with Crippen molar-refractivity contribution in [2.75, 3.05) is 14.2 Å². The van der Waals surface area contributed by atoms with Crippen LogP contribution in [-0.2, 0) is 24.8 Å². The van der Waals surface area contributed by atoms with E-state index in [0.717, 1.165) is 5.56 Å². The second kappa shape index (κ2) is 5.42. The molecule has 0 N–H and O–H groups in total. The van der Waals surface area contributed by atoms with Gasteiger partial charge >= 0.3 is 5.97 Å². The lowest BCUT2D eigenvalue weighted by Gasteiger charge is -2.25. The third-order valence-electron chi connectivity index (χ3n) is 4.08. The Bertz CT molecular complexity index is 923. The molecule has 3 rings (SSSR count). The van der Waals surface area contributed by atoms with Gasteiger partial charge in [0.1, 0.15) is 5.56 Å². The molecule has 0 radical (unpaired) electrons. The van der Waals surface area contributed by atoms with E-state index in [1.54, 1.807) is 17.7 Å². The second-order valence-electron chi connectivity index (χ2n) is 5.32. The second-order valence-corrected chi connectivity index (χ2v) is 5.32. The molecule has 2 aromatic rings. The highest BCUT2D eigenvalue weighted by Gasteiger charge is 2.23. The maximum atomic E-state index is 12.3. The highest BCUT2D eigenvalue weighted by molar-refractivity contribution is 5.89. The number of ether oxygens (including phenoxy) is 2. The molecule has 0 aromatic carbocycles. The van der Waals surface area contributed by atoms with Gasteiger partial charge in [-0.15, -0.1) is 0 Å². The predicted molar refractivity (Wildman–Crippen MR) is 83.0 cm³/mol. The minimum atomic E-state index is -0.667. The number of aryl methyl sites for hydroxylation is 2. The van der Waals surface area contributed by atoms with Crippen LogP contribution in [0.5, 0.6) is 5.75 Å². The summed E-state index contributed by atoms with van der Waals surface area (Å²) in [5, 5.41) is 0. The van der Waals surface area contributed by atoms with Crippen LogP contribution in [0.3, 0.4) is 0 Å². The van der Waals surface area contributed by atoms with Crippen molar-refractivity contribution in [2.45, 2.75) is 13.0 Å². The molecule has 1 aliphatic rings. The molecule has 0 spiro atoms. The van der Waals surface area contributed by atoms with Gasteiger partial charge in [-0.2, -0.15) is 0 Å². The van der Waals surface area contributed by atoms with Gasteiger partial charge in [0.05, 0.1) is 25.6 Å². The first-order chi connectivity index (χ1) is 11.0. The minimum absolute atomic E-state index is 0.0155. The van der Waals surface area contributed by atoms with Crippen LogP contribution in [0.25, 0.3) is 11.4 Å². The van der Waals surface area contributed by atoms with E-state index in [0.29, 0.717) is 24.4 Å². The monoisotopic (exact) mass is 316 g/mol. The molecule has 0 bridgehead atoms. The van der Waals surface area contributed by atoms with Crippen LogP contribution in [0.15, 0.2) is 27.9 Å². The summed E-state index contributed by atoms with van der Waals surface area (Å²) in [6.07, 6.45) is 2.15. The molecule has 1 aliphatic heterocycles. The molecular formula is C16H16N2O5. The molecule has 2 aromatic heterocycles. The van der Waals surface area contributed by atoms with Crippen molar-refractivity contribution in [3.05, 3.63) is 50.0 Å². The van der Waals surface area contributed by atoms with Crippen LogP contribution in [0.2, 0.25) is 0 Å². The highest BCUT2D eigenvalue weighted by atomic mass is 16.5. The number of carbonyl (C=O) groups excluding carboxylic acids is 1. The maximum absolute atomic E-state index is 12.3. The van der Waals surface area contributed by atoms with Gasteiger partial charge in [0, 0.05) is 25.9 Å². The number of methoxy groups -OCH3 is 2. The Morgan fingerprint density at radius 2 is 1.96 bits per heavy atom. The van der Waals surface area contributed by atoms with Gasteiger partial charge in [-0.1, -0.05) is 0 Å². The lowest BCUT2D eigenvalue weighted by Crippen LogP contribution is -2.28. The van der Waals surface area contributed by atoms with E-state index in [1.807, 2.05) is 0 Å². The van der Waals surface area contributed by atoms with E-state index in [1.165, 1.54) is 31.0 Å². The summed E-state index contributed by atoms with van der Waals surface area (Å²) >= 11 is 0. The van der Waals surface area contributed by atoms with Gasteiger partial charge in [0.25, 0.3) is 5.56 Å². The number of esters is 1. The lowest BCUT2D eigenvalue weighted by molar-refractivity contribution is 0.0598. The topological polar surface area (TPSA) is 79.5 Å². The summed E-state index contributed by atoms with van der Waals surface area (Å²) in [5.74, 6) is -0.395. The average molecular weight is 316 g/mol. The first-order valence-corrected chi connectivity index (χ1v) is 7.08. The quantitative estimate of drug-likeness (QED) is 0.757. The standard InChI is InChI=1S/C16H16N2O5/c1-17-14-9(6-13(22-2)15(17)20)4-5-18-8-10(16(21)23-3)12(19)7-11(14)18/h6-8H,4-5H2,1-3H3. The number of fused-ring (bicyclic) bond motifs is 3. The number of aromatic nitrogens is 2. The van der Waals surface area contributed by atoms with Crippen molar-refractivity contribution in [2.24, 2.45) is 7.05 Å². The van der Waals surface area contributed by atoms with Crippen LogP contribution in [0, 0.1) is 0 Å². The summed E-state index contributed by atoms with van der Waals surface area (Å²) in [5.41, 5.74) is 1.47. The first-order valence-electron chi connectivity index (χ1n) is 7.08. The average Bonchev–Trinajstić information content (AvgIpc) is 2.56. The van der Waals surface area contributed by atoms with Crippen molar-refractivity contribution in [3.63, 3.8) is 0 Å². The summed E-state index contributed by atoms with van der Waals surface area (Å²) < 4.78 is 13.0. The third kappa shape index (κ3) is 2.25. The molecule has 0 saturated heterocycles. The lowest BCUT2D eigenvalue weighted by atomic mass is 10.0. The maximum Gasteiger partial charge on any atom is 0.343 e. The largest absolute Gasteiger partial charge is 0.491 e. The van der Waals surface area contributed by atoms with Crippen LogP contribution in [-0.4, -0.2) is 29.3 Å². The molecular weight excluding hydrogens is 300 g/mol. The Balaban J connectivity index is 2.28. The number of carbonyl (C=O) groups is 1. The first kappa shape index (κ1) is 15.1. The van der Waals surface area contributed by atoms with Gasteiger partial charge in [0.15, 0.2) is 11.2 Å². The van der Waals surface area contributed by atoms with E-state index in [2.05, 4.69) is 4.74 Å². The third-order valence-corrected chi connectivity index (χ3v) is 4.08. The highest BCUT2D eigenvalue weighted by Crippen LogP contribution is 2.29. The zero-order chi connectivity index (χ0) is 16.7. The molecule has 3 heterocycles. The Kier molecular flexibility index (Phi) is 3.55. The molecule has 0 amide bonds. The summed E-state index contributed by atoms with van der Waals surface area (Å²) in [4.78, 5) is 36.1. The van der Waals surface area contributed by atoms with Gasteiger partial charge < -0.3 is 18.6 Å². The SMILES string of the molecule is COC(=O)c1cn2c(cc1=O)-c1c(cc(OC)c(=O)n1C)CC2. The smallest absolute Gasteiger partial charge is 0.343 e. The molecule has 120 valence electrons. The summed E-state index contributed by atoms with van der Waals surface area (Å²) in [6, 6.07) is 3.08. The molecule has 0 aliphatic carbocycles.